The number of benzene rings is 1. The number of H-pyrrole nitrogens is 1. The van der Waals surface area contributed by atoms with Crippen LogP contribution < -0.4 is 0 Å². The minimum atomic E-state index is 0.140. The molecule has 0 radical (unpaired) electrons. The third-order valence-electron chi connectivity index (χ3n) is 3.45. The number of aryl methyl sites for hydroxylation is 1. The fourth-order valence-electron chi connectivity index (χ4n) is 2.35. The van der Waals surface area contributed by atoms with Gasteiger partial charge in [0, 0.05) is 37.9 Å². The predicted octanol–water partition coefficient (Wildman–Crippen LogP) is 1.83. The van der Waals surface area contributed by atoms with Gasteiger partial charge >= 0.3 is 0 Å². The molecule has 114 valence electrons. The van der Waals surface area contributed by atoms with Crippen LogP contribution >= 0.6 is 0 Å². The van der Waals surface area contributed by atoms with Crippen LogP contribution in [0.15, 0.2) is 30.5 Å². The van der Waals surface area contributed by atoms with Gasteiger partial charge in [-0.05, 0) is 13.0 Å². The van der Waals surface area contributed by atoms with E-state index in [9.17, 15) is 5.11 Å². The van der Waals surface area contributed by atoms with Crippen molar-refractivity contribution in [3.63, 3.8) is 0 Å². The van der Waals surface area contributed by atoms with Gasteiger partial charge in [0.15, 0.2) is 0 Å². The van der Waals surface area contributed by atoms with E-state index in [1.54, 1.807) is 7.11 Å². The van der Waals surface area contributed by atoms with Crippen molar-refractivity contribution in [2.45, 2.75) is 13.5 Å². The van der Waals surface area contributed by atoms with Gasteiger partial charge in [-0.2, -0.15) is 5.10 Å². The lowest BCUT2D eigenvalue weighted by atomic mass is 10.1. The number of methoxy groups -OCH3 is 1. The van der Waals surface area contributed by atoms with Gasteiger partial charge in [0.1, 0.15) is 0 Å². The lowest BCUT2D eigenvalue weighted by Crippen LogP contribution is -2.29. The third kappa shape index (κ3) is 4.39. The Kier molecular flexibility index (Phi) is 5.92. The second-order valence-corrected chi connectivity index (χ2v) is 5.13. The van der Waals surface area contributed by atoms with Crippen LogP contribution in [-0.2, 0) is 11.3 Å². The molecule has 2 rings (SSSR count). The molecule has 0 aliphatic rings. The van der Waals surface area contributed by atoms with E-state index >= 15 is 0 Å². The Hall–Kier alpha value is -1.69. The van der Waals surface area contributed by atoms with Crippen molar-refractivity contribution in [1.82, 2.24) is 15.1 Å². The lowest BCUT2D eigenvalue weighted by molar-refractivity contribution is 0.127. The zero-order chi connectivity index (χ0) is 15.1. The molecular formula is C16H23N3O2. The Balaban J connectivity index is 2.15. The number of hydrogen-bond acceptors (Lipinski definition) is 4. The Morgan fingerprint density at radius 1 is 1.33 bits per heavy atom. The number of nitrogens with zero attached hydrogens (tertiary/aromatic N) is 2. The molecule has 0 saturated heterocycles. The minimum Gasteiger partial charge on any atom is -0.395 e. The number of aliphatic hydroxyl groups excluding tert-OH is 1. The first-order chi connectivity index (χ1) is 10.2. The van der Waals surface area contributed by atoms with Gasteiger partial charge in [-0.1, -0.05) is 23.8 Å². The van der Waals surface area contributed by atoms with Gasteiger partial charge in [-0.15, -0.1) is 0 Å². The van der Waals surface area contributed by atoms with Gasteiger partial charge in [-0.3, -0.25) is 10.00 Å². The monoisotopic (exact) mass is 289 g/mol. The van der Waals surface area contributed by atoms with E-state index in [0.29, 0.717) is 13.2 Å². The predicted molar refractivity (Wildman–Crippen MR) is 83.0 cm³/mol. The number of ether oxygens (including phenoxy) is 1. The fraction of sp³-hybridized carbons (Fsp3) is 0.438. The summed E-state index contributed by atoms with van der Waals surface area (Å²) < 4.78 is 5.12. The average molecular weight is 289 g/mol. The summed E-state index contributed by atoms with van der Waals surface area (Å²) in [6, 6.07) is 8.35. The molecule has 2 aromatic rings. The van der Waals surface area contributed by atoms with E-state index in [2.05, 4.69) is 40.2 Å². The van der Waals surface area contributed by atoms with E-state index in [1.165, 1.54) is 5.56 Å². The van der Waals surface area contributed by atoms with Gasteiger partial charge in [0.2, 0.25) is 0 Å². The fourth-order valence-corrected chi connectivity index (χ4v) is 2.35. The van der Waals surface area contributed by atoms with E-state index < -0.39 is 0 Å². The maximum Gasteiger partial charge on any atom is 0.0695 e. The van der Waals surface area contributed by atoms with Crippen LogP contribution in [0.3, 0.4) is 0 Å². The SMILES string of the molecule is COCCN(CCO)Cc1cn[nH]c1-c1cccc(C)c1. The number of nitrogens with one attached hydrogen (secondary N) is 1. The standard InChI is InChI=1S/C16H23N3O2/c1-13-4-3-5-14(10-13)16-15(11-17-18-16)12-19(6-8-20)7-9-21-2/h3-5,10-11,20H,6-9,12H2,1-2H3,(H,17,18). The quantitative estimate of drug-likeness (QED) is 0.778. The zero-order valence-corrected chi connectivity index (χ0v) is 12.7. The maximum atomic E-state index is 9.18. The topological polar surface area (TPSA) is 61.4 Å². The normalized spacial score (nSPS) is 11.2. The average Bonchev–Trinajstić information content (AvgIpc) is 2.93. The minimum absolute atomic E-state index is 0.140. The van der Waals surface area contributed by atoms with Gasteiger partial charge in [0.25, 0.3) is 0 Å². The molecular weight excluding hydrogens is 266 g/mol. The summed E-state index contributed by atoms with van der Waals surface area (Å²) in [5.74, 6) is 0. The highest BCUT2D eigenvalue weighted by Crippen LogP contribution is 2.23. The first kappa shape index (κ1) is 15.7. The molecule has 0 spiro atoms. The molecule has 0 unspecified atom stereocenters. The highest BCUT2D eigenvalue weighted by molar-refractivity contribution is 5.63. The van der Waals surface area contributed by atoms with Gasteiger partial charge < -0.3 is 9.84 Å². The molecule has 1 aromatic carbocycles. The first-order valence-corrected chi connectivity index (χ1v) is 7.16. The molecule has 0 aliphatic heterocycles. The Labute approximate surface area is 125 Å². The van der Waals surface area contributed by atoms with Crippen LogP contribution in [0, 0.1) is 6.92 Å². The van der Waals surface area contributed by atoms with Crippen molar-refractivity contribution in [3.8, 4) is 11.3 Å². The van der Waals surface area contributed by atoms with Crippen LogP contribution in [0.2, 0.25) is 0 Å². The van der Waals surface area contributed by atoms with Crippen LogP contribution in [0.1, 0.15) is 11.1 Å². The summed E-state index contributed by atoms with van der Waals surface area (Å²) in [5, 5.41) is 16.4. The Morgan fingerprint density at radius 3 is 2.90 bits per heavy atom. The molecule has 1 heterocycles. The third-order valence-corrected chi connectivity index (χ3v) is 3.45. The van der Waals surface area contributed by atoms with Crippen molar-refractivity contribution in [1.29, 1.82) is 0 Å². The zero-order valence-electron chi connectivity index (χ0n) is 12.7. The highest BCUT2D eigenvalue weighted by atomic mass is 16.5. The summed E-state index contributed by atoms with van der Waals surface area (Å²) in [5.41, 5.74) is 4.53. The van der Waals surface area contributed by atoms with Crippen molar-refractivity contribution < 1.29 is 9.84 Å². The summed E-state index contributed by atoms with van der Waals surface area (Å²) in [6.45, 7) is 5.02. The lowest BCUT2D eigenvalue weighted by Gasteiger charge is -2.20. The summed E-state index contributed by atoms with van der Waals surface area (Å²) in [6.07, 6.45) is 1.86. The molecule has 2 N–H and O–H groups in total. The van der Waals surface area contributed by atoms with Crippen LogP contribution in [0.5, 0.6) is 0 Å². The smallest absolute Gasteiger partial charge is 0.0695 e. The summed E-state index contributed by atoms with van der Waals surface area (Å²) >= 11 is 0. The van der Waals surface area contributed by atoms with E-state index in [4.69, 9.17) is 4.74 Å². The van der Waals surface area contributed by atoms with E-state index in [-0.39, 0.29) is 6.61 Å². The Morgan fingerprint density at radius 2 is 2.19 bits per heavy atom. The summed E-state index contributed by atoms with van der Waals surface area (Å²) in [4.78, 5) is 2.16. The number of hydrogen-bond donors (Lipinski definition) is 2. The number of aliphatic hydroxyl groups is 1. The molecule has 1 aromatic heterocycles. The number of aromatic amines is 1. The van der Waals surface area contributed by atoms with Crippen molar-refractivity contribution in [2.24, 2.45) is 0 Å². The summed E-state index contributed by atoms with van der Waals surface area (Å²) in [7, 11) is 1.69. The van der Waals surface area contributed by atoms with Gasteiger partial charge in [-0.25, -0.2) is 0 Å². The highest BCUT2D eigenvalue weighted by Gasteiger charge is 2.12. The molecule has 5 nitrogen and oxygen atoms in total. The number of rotatable bonds is 8. The molecule has 0 saturated carbocycles. The van der Waals surface area contributed by atoms with Crippen molar-refractivity contribution >= 4 is 0 Å². The second kappa shape index (κ2) is 7.93. The van der Waals surface area contributed by atoms with Crippen molar-refractivity contribution in [2.75, 3.05) is 33.4 Å². The molecule has 21 heavy (non-hydrogen) atoms. The molecule has 0 amide bonds. The second-order valence-electron chi connectivity index (χ2n) is 5.13. The van der Waals surface area contributed by atoms with Gasteiger partial charge in [0.05, 0.1) is 25.1 Å². The largest absolute Gasteiger partial charge is 0.395 e. The number of aromatic nitrogens is 2. The maximum absolute atomic E-state index is 9.18. The van der Waals surface area contributed by atoms with E-state index in [1.807, 2.05) is 12.3 Å². The molecule has 0 aliphatic carbocycles. The van der Waals surface area contributed by atoms with Crippen molar-refractivity contribution in [3.05, 3.63) is 41.6 Å². The van der Waals surface area contributed by atoms with E-state index in [0.717, 1.165) is 29.9 Å². The molecule has 0 fully saturated rings. The first-order valence-electron chi connectivity index (χ1n) is 7.16. The van der Waals surface area contributed by atoms with Crippen LogP contribution in [0.4, 0.5) is 0 Å². The Bertz CT molecular complexity index is 554. The molecule has 0 atom stereocenters. The van der Waals surface area contributed by atoms with Crippen LogP contribution in [-0.4, -0.2) is 53.6 Å². The molecule has 0 bridgehead atoms. The molecule has 5 heteroatoms. The van der Waals surface area contributed by atoms with Crippen LogP contribution in [0.25, 0.3) is 11.3 Å².